The molecule has 1 unspecified atom stereocenters. The number of nitrogens with one attached hydrogen (secondary N) is 3. The molecule has 6 N–H and O–H groups in total. The normalized spacial score (nSPS) is 17.8. The zero-order valence-electron chi connectivity index (χ0n) is 20.6. The highest BCUT2D eigenvalue weighted by Gasteiger charge is 2.37. The van der Waals surface area contributed by atoms with Gasteiger partial charge in [-0.2, -0.15) is 0 Å². The Kier molecular flexibility index (Phi) is 10.1. The van der Waals surface area contributed by atoms with Crippen LogP contribution in [-0.2, 0) is 30.5 Å². The molecule has 3 rings (SSSR count). The van der Waals surface area contributed by atoms with Crippen molar-refractivity contribution in [1.29, 1.82) is 5.41 Å². The number of aliphatic carboxylic acids is 1. The number of ether oxygens (including phenoxy) is 2. The third kappa shape index (κ3) is 9.26. The Morgan fingerprint density at radius 3 is 2.62 bits per heavy atom. The van der Waals surface area contributed by atoms with Gasteiger partial charge in [0, 0.05) is 32.2 Å². The van der Waals surface area contributed by atoms with E-state index in [0.717, 1.165) is 18.4 Å². The molecule has 3 amide bonds. The van der Waals surface area contributed by atoms with Gasteiger partial charge < -0.3 is 40.7 Å². The van der Waals surface area contributed by atoms with Crippen molar-refractivity contribution in [2.24, 2.45) is 5.73 Å². The summed E-state index contributed by atoms with van der Waals surface area (Å²) in [6.45, 7) is 1.28. The van der Waals surface area contributed by atoms with E-state index in [-0.39, 0.29) is 44.5 Å². The van der Waals surface area contributed by atoms with Crippen molar-refractivity contribution in [1.82, 2.24) is 20.4 Å². The number of rotatable bonds is 12. The van der Waals surface area contributed by atoms with E-state index < -0.39 is 36.0 Å². The van der Waals surface area contributed by atoms with Crippen LogP contribution in [-0.4, -0.2) is 95.7 Å². The molecule has 1 heterocycles. The monoisotopic (exact) mass is 518 g/mol. The molecular weight excluding hydrogens is 484 g/mol. The second kappa shape index (κ2) is 13.4. The summed E-state index contributed by atoms with van der Waals surface area (Å²) in [4.78, 5) is 52.7. The van der Waals surface area contributed by atoms with Crippen molar-refractivity contribution >= 4 is 29.8 Å². The van der Waals surface area contributed by atoms with Gasteiger partial charge in [-0.15, -0.1) is 0 Å². The molecule has 13 nitrogen and oxygen atoms in total. The van der Waals surface area contributed by atoms with Gasteiger partial charge in [-0.3, -0.25) is 19.8 Å². The van der Waals surface area contributed by atoms with Gasteiger partial charge in [0.05, 0.1) is 25.6 Å². The van der Waals surface area contributed by atoms with Gasteiger partial charge in [0.25, 0.3) is 0 Å². The van der Waals surface area contributed by atoms with Crippen LogP contribution in [0, 0.1) is 5.41 Å². The first-order valence-corrected chi connectivity index (χ1v) is 12.2. The van der Waals surface area contributed by atoms with Gasteiger partial charge in [-0.1, -0.05) is 30.3 Å². The van der Waals surface area contributed by atoms with E-state index in [1.165, 1.54) is 4.90 Å². The maximum absolute atomic E-state index is 13.3. The van der Waals surface area contributed by atoms with E-state index in [1.54, 1.807) is 29.2 Å². The Hall–Kier alpha value is -3.87. The van der Waals surface area contributed by atoms with Gasteiger partial charge in [0.1, 0.15) is 12.6 Å². The molecule has 0 spiro atoms. The van der Waals surface area contributed by atoms with Crippen LogP contribution >= 0.6 is 0 Å². The minimum absolute atomic E-state index is 0.0171. The van der Waals surface area contributed by atoms with Crippen molar-refractivity contribution in [2.75, 3.05) is 32.8 Å². The summed E-state index contributed by atoms with van der Waals surface area (Å²) in [6, 6.07) is 7.64. The number of hydrogen-bond acceptors (Lipinski definition) is 7. The number of benzene rings is 1. The van der Waals surface area contributed by atoms with Crippen molar-refractivity contribution in [3.8, 4) is 0 Å². The van der Waals surface area contributed by atoms with Crippen LogP contribution in [0.2, 0.25) is 0 Å². The Labute approximate surface area is 214 Å². The summed E-state index contributed by atoms with van der Waals surface area (Å²) >= 11 is 0. The second-order valence-electron chi connectivity index (χ2n) is 9.00. The van der Waals surface area contributed by atoms with Crippen LogP contribution in [0.15, 0.2) is 30.3 Å². The lowest BCUT2D eigenvalue weighted by molar-refractivity contribution is -0.140. The first-order valence-electron chi connectivity index (χ1n) is 12.2. The van der Waals surface area contributed by atoms with Crippen LogP contribution in [0.1, 0.15) is 31.2 Å². The third-order valence-electron chi connectivity index (χ3n) is 6.04. The third-order valence-corrected chi connectivity index (χ3v) is 6.04. The number of carbonyl (C=O) groups is 4. The van der Waals surface area contributed by atoms with Crippen molar-refractivity contribution in [3.63, 3.8) is 0 Å². The molecule has 202 valence electrons. The van der Waals surface area contributed by atoms with Gasteiger partial charge in [-0.05, 0) is 18.4 Å². The van der Waals surface area contributed by atoms with Gasteiger partial charge in [0.15, 0.2) is 5.96 Å². The molecule has 2 aliphatic rings. The Bertz CT molecular complexity index is 972. The smallest absolute Gasteiger partial charge is 0.408 e. The maximum atomic E-state index is 13.3. The summed E-state index contributed by atoms with van der Waals surface area (Å²) in [5.41, 5.74) is 6.29. The molecule has 2 atom stereocenters. The van der Waals surface area contributed by atoms with E-state index in [4.69, 9.17) is 25.7 Å². The van der Waals surface area contributed by atoms with Crippen molar-refractivity contribution in [2.45, 2.75) is 50.5 Å². The van der Waals surface area contributed by atoms with Crippen LogP contribution in [0.3, 0.4) is 0 Å². The van der Waals surface area contributed by atoms with Crippen molar-refractivity contribution in [3.05, 3.63) is 35.9 Å². The molecule has 37 heavy (non-hydrogen) atoms. The number of amides is 3. The average molecular weight is 519 g/mol. The minimum atomic E-state index is -1.24. The van der Waals surface area contributed by atoms with Crippen LogP contribution in [0.25, 0.3) is 0 Å². The number of morpholine rings is 1. The summed E-state index contributed by atoms with van der Waals surface area (Å²) in [5.74, 6) is -2.16. The zero-order valence-corrected chi connectivity index (χ0v) is 20.6. The molecule has 1 saturated heterocycles. The molecule has 13 heteroatoms. The predicted molar refractivity (Wildman–Crippen MR) is 131 cm³/mol. The highest BCUT2D eigenvalue weighted by Crippen LogP contribution is 2.28. The minimum Gasteiger partial charge on any atom is -0.481 e. The number of carbonyl (C=O) groups excluding carboxylic acids is 3. The molecule has 0 radical (unpaired) electrons. The molecule has 1 aromatic rings. The molecule has 1 saturated carbocycles. The average Bonchev–Trinajstić information content (AvgIpc) is 3.72. The van der Waals surface area contributed by atoms with Crippen molar-refractivity contribution < 1.29 is 33.8 Å². The van der Waals surface area contributed by atoms with Gasteiger partial charge in [0.2, 0.25) is 11.8 Å². The van der Waals surface area contributed by atoms with Crippen LogP contribution < -0.4 is 16.4 Å². The number of carboxylic acids is 1. The summed E-state index contributed by atoms with van der Waals surface area (Å²) in [7, 11) is 0. The fraction of sp³-hybridized carbons (Fsp3) is 0.542. The molecule has 2 fully saturated rings. The lowest BCUT2D eigenvalue weighted by Crippen LogP contribution is -2.53. The lowest BCUT2D eigenvalue weighted by Gasteiger charge is -2.33. The highest BCUT2D eigenvalue weighted by atomic mass is 16.5. The molecule has 0 bridgehead atoms. The zero-order chi connectivity index (χ0) is 26.8. The maximum Gasteiger partial charge on any atom is 0.408 e. The molecule has 1 aliphatic heterocycles. The first kappa shape index (κ1) is 27.7. The first-order chi connectivity index (χ1) is 17.7. The fourth-order valence-corrected chi connectivity index (χ4v) is 3.93. The largest absolute Gasteiger partial charge is 0.481 e. The lowest BCUT2D eigenvalue weighted by atomic mass is 10.1. The van der Waals surface area contributed by atoms with E-state index in [9.17, 15) is 19.2 Å². The number of hydrogen-bond donors (Lipinski definition) is 5. The number of alkyl carbamates (subject to hydrolysis) is 1. The van der Waals surface area contributed by atoms with E-state index in [2.05, 4.69) is 10.6 Å². The SMILES string of the molecule is N=C(N)N1CCOC(CNC(=O)C[C@H](NC(=O)OCc2ccccc2)C(=O)N(CCC(=O)O)C2CC2)C1. The summed E-state index contributed by atoms with van der Waals surface area (Å²) in [6.07, 6.45) is -0.401. The predicted octanol–water partition coefficient (Wildman–Crippen LogP) is -0.152. The fourth-order valence-electron chi connectivity index (χ4n) is 3.93. The second-order valence-corrected chi connectivity index (χ2v) is 9.00. The molecule has 1 aromatic carbocycles. The Morgan fingerprint density at radius 1 is 1.24 bits per heavy atom. The number of guanidine groups is 1. The van der Waals surface area contributed by atoms with E-state index in [1.807, 2.05) is 6.07 Å². The van der Waals surface area contributed by atoms with Gasteiger partial charge in [-0.25, -0.2) is 4.79 Å². The van der Waals surface area contributed by atoms with Crippen LogP contribution in [0.4, 0.5) is 4.79 Å². The Balaban J connectivity index is 1.60. The number of nitrogens with zero attached hydrogens (tertiary/aromatic N) is 2. The van der Waals surface area contributed by atoms with Crippen LogP contribution in [0.5, 0.6) is 0 Å². The van der Waals surface area contributed by atoms with E-state index >= 15 is 0 Å². The molecule has 1 aliphatic carbocycles. The number of carboxylic acid groups (broad SMARTS) is 1. The highest BCUT2D eigenvalue weighted by molar-refractivity contribution is 5.91. The number of nitrogens with two attached hydrogens (primary N) is 1. The van der Waals surface area contributed by atoms with E-state index in [0.29, 0.717) is 19.7 Å². The standard InChI is InChI=1S/C24H34N6O7/c25-23(26)29-10-11-36-18(14-29)13-27-20(31)12-19(22(34)30(17-6-7-17)9-8-21(32)33)28-24(35)37-15-16-4-2-1-3-5-16/h1-5,17-19H,6-15H2,(H3,25,26)(H,27,31)(H,28,35)(H,32,33)/t18?,19-/m0/s1. The molecule has 0 aromatic heterocycles. The topological polar surface area (TPSA) is 187 Å². The Morgan fingerprint density at radius 2 is 1.97 bits per heavy atom. The quantitative estimate of drug-likeness (QED) is 0.185. The summed E-state index contributed by atoms with van der Waals surface area (Å²) in [5, 5.41) is 21.8. The summed E-state index contributed by atoms with van der Waals surface area (Å²) < 4.78 is 10.8. The molecular formula is C24H34N6O7. The van der Waals surface area contributed by atoms with Gasteiger partial charge >= 0.3 is 12.1 Å².